The number of piperidine rings is 1. The standard InChI is InChI=1S/C13H24N2O2.C2H6/c1-3-12(16)14-6-4-13(2,5-7-14)15-8-10-17-11-9-15;1-2/h3-11H2,1-2H3;1-2H3. The molecule has 2 aliphatic heterocycles. The number of amides is 1. The van der Waals surface area contributed by atoms with Crippen molar-refractivity contribution < 1.29 is 9.53 Å². The molecule has 0 aliphatic carbocycles. The van der Waals surface area contributed by atoms with E-state index in [1.165, 1.54) is 0 Å². The minimum absolute atomic E-state index is 0.272. The molecule has 0 unspecified atom stereocenters. The van der Waals surface area contributed by atoms with Gasteiger partial charge in [0.15, 0.2) is 0 Å². The first-order valence-corrected chi connectivity index (χ1v) is 7.76. The first-order valence-electron chi connectivity index (χ1n) is 7.76. The topological polar surface area (TPSA) is 32.8 Å². The van der Waals surface area contributed by atoms with Gasteiger partial charge in [-0.05, 0) is 19.8 Å². The lowest BCUT2D eigenvalue weighted by Gasteiger charge is -2.48. The van der Waals surface area contributed by atoms with E-state index in [9.17, 15) is 4.79 Å². The minimum Gasteiger partial charge on any atom is -0.379 e. The van der Waals surface area contributed by atoms with Gasteiger partial charge in [-0.2, -0.15) is 0 Å². The van der Waals surface area contributed by atoms with E-state index in [0.717, 1.165) is 52.2 Å². The first-order chi connectivity index (χ1) is 9.15. The van der Waals surface area contributed by atoms with Crippen LogP contribution in [0.25, 0.3) is 0 Å². The molecule has 2 fully saturated rings. The fraction of sp³-hybridized carbons (Fsp3) is 0.933. The molecule has 4 nitrogen and oxygen atoms in total. The second kappa shape index (κ2) is 7.85. The number of ether oxygens (including phenoxy) is 1. The van der Waals surface area contributed by atoms with Gasteiger partial charge >= 0.3 is 0 Å². The lowest BCUT2D eigenvalue weighted by atomic mass is 9.87. The van der Waals surface area contributed by atoms with Crippen molar-refractivity contribution in [1.82, 2.24) is 9.80 Å². The van der Waals surface area contributed by atoms with Crippen LogP contribution in [0.2, 0.25) is 0 Å². The Labute approximate surface area is 118 Å². The van der Waals surface area contributed by atoms with Crippen LogP contribution in [0.5, 0.6) is 0 Å². The maximum Gasteiger partial charge on any atom is 0.222 e. The predicted octanol–water partition coefficient (Wildman–Crippen LogP) is 2.14. The quantitative estimate of drug-likeness (QED) is 0.770. The van der Waals surface area contributed by atoms with Crippen LogP contribution in [-0.2, 0) is 9.53 Å². The number of carbonyl (C=O) groups excluding carboxylic acids is 1. The van der Waals surface area contributed by atoms with Gasteiger partial charge < -0.3 is 9.64 Å². The van der Waals surface area contributed by atoms with Crippen LogP contribution >= 0.6 is 0 Å². The summed E-state index contributed by atoms with van der Waals surface area (Å²) in [7, 11) is 0. The van der Waals surface area contributed by atoms with Gasteiger partial charge in [-0.25, -0.2) is 0 Å². The minimum atomic E-state index is 0.272. The summed E-state index contributed by atoms with van der Waals surface area (Å²) in [5, 5.41) is 0. The van der Waals surface area contributed by atoms with Crippen molar-refractivity contribution in [2.24, 2.45) is 0 Å². The molecule has 19 heavy (non-hydrogen) atoms. The molecule has 2 rings (SSSR count). The Balaban J connectivity index is 0.000000861. The molecule has 0 N–H and O–H groups in total. The van der Waals surface area contributed by atoms with Crippen molar-refractivity contribution in [3.63, 3.8) is 0 Å². The maximum atomic E-state index is 11.6. The zero-order valence-corrected chi connectivity index (χ0v) is 13.1. The van der Waals surface area contributed by atoms with Crippen LogP contribution in [0.1, 0.15) is 47.0 Å². The number of hydrogen-bond acceptors (Lipinski definition) is 3. The normalized spacial score (nSPS) is 23.5. The van der Waals surface area contributed by atoms with Crippen molar-refractivity contribution >= 4 is 5.91 Å². The summed E-state index contributed by atoms with van der Waals surface area (Å²) in [6, 6.07) is 0. The highest BCUT2D eigenvalue weighted by atomic mass is 16.5. The molecule has 2 aliphatic rings. The molecule has 0 bridgehead atoms. The van der Waals surface area contributed by atoms with Gasteiger partial charge in [0.1, 0.15) is 0 Å². The van der Waals surface area contributed by atoms with Gasteiger partial charge in [0, 0.05) is 38.1 Å². The van der Waals surface area contributed by atoms with Crippen molar-refractivity contribution in [3.05, 3.63) is 0 Å². The summed E-state index contributed by atoms with van der Waals surface area (Å²) in [5.41, 5.74) is 0.272. The highest BCUT2D eigenvalue weighted by Gasteiger charge is 2.36. The van der Waals surface area contributed by atoms with Gasteiger partial charge in [0.05, 0.1) is 13.2 Å². The van der Waals surface area contributed by atoms with E-state index in [2.05, 4.69) is 11.8 Å². The Hall–Kier alpha value is -0.610. The molecule has 0 aromatic carbocycles. The van der Waals surface area contributed by atoms with Crippen molar-refractivity contribution in [2.75, 3.05) is 39.4 Å². The average Bonchev–Trinajstić information content (AvgIpc) is 2.50. The Bertz CT molecular complexity index is 267. The van der Waals surface area contributed by atoms with Gasteiger partial charge in [-0.1, -0.05) is 20.8 Å². The Morgan fingerprint density at radius 2 is 1.63 bits per heavy atom. The van der Waals surface area contributed by atoms with E-state index in [1.54, 1.807) is 0 Å². The van der Waals surface area contributed by atoms with E-state index in [4.69, 9.17) is 4.74 Å². The van der Waals surface area contributed by atoms with Gasteiger partial charge in [-0.3, -0.25) is 9.69 Å². The highest BCUT2D eigenvalue weighted by Crippen LogP contribution is 2.29. The van der Waals surface area contributed by atoms with E-state index >= 15 is 0 Å². The number of rotatable bonds is 2. The van der Waals surface area contributed by atoms with Gasteiger partial charge in [0.25, 0.3) is 0 Å². The predicted molar refractivity (Wildman–Crippen MR) is 78.3 cm³/mol. The second-order valence-electron chi connectivity index (χ2n) is 5.33. The Kier molecular flexibility index (Phi) is 6.80. The van der Waals surface area contributed by atoms with Crippen molar-refractivity contribution in [1.29, 1.82) is 0 Å². The molecule has 0 atom stereocenters. The highest BCUT2D eigenvalue weighted by molar-refractivity contribution is 5.75. The molecule has 0 saturated carbocycles. The smallest absolute Gasteiger partial charge is 0.222 e. The van der Waals surface area contributed by atoms with Crippen molar-refractivity contribution in [3.8, 4) is 0 Å². The molecule has 0 radical (unpaired) electrons. The third kappa shape index (κ3) is 4.18. The van der Waals surface area contributed by atoms with E-state index in [0.29, 0.717) is 12.3 Å². The number of likely N-dealkylation sites (tertiary alicyclic amines) is 1. The number of carbonyl (C=O) groups is 1. The molecule has 4 heteroatoms. The molecular formula is C15H30N2O2. The Morgan fingerprint density at radius 1 is 1.11 bits per heavy atom. The fourth-order valence-corrected chi connectivity index (χ4v) is 2.88. The maximum absolute atomic E-state index is 11.6. The molecule has 0 aromatic rings. The summed E-state index contributed by atoms with van der Waals surface area (Å²) in [6.07, 6.45) is 2.83. The zero-order valence-electron chi connectivity index (χ0n) is 13.1. The van der Waals surface area contributed by atoms with E-state index < -0.39 is 0 Å². The molecule has 0 aromatic heterocycles. The number of morpholine rings is 1. The van der Waals surface area contributed by atoms with Crippen LogP contribution < -0.4 is 0 Å². The molecular weight excluding hydrogens is 240 g/mol. The molecule has 112 valence electrons. The van der Waals surface area contributed by atoms with Crippen molar-refractivity contribution in [2.45, 2.75) is 52.5 Å². The second-order valence-corrected chi connectivity index (χ2v) is 5.33. The largest absolute Gasteiger partial charge is 0.379 e. The monoisotopic (exact) mass is 270 g/mol. The first kappa shape index (κ1) is 16.4. The SMILES string of the molecule is CC.CCC(=O)N1CCC(C)(N2CCOCC2)CC1. The van der Waals surface area contributed by atoms with E-state index in [1.807, 2.05) is 25.7 Å². The average molecular weight is 270 g/mol. The molecule has 2 saturated heterocycles. The van der Waals surface area contributed by atoms with Crippen LogP contribution in [0.3, 0.4) is 0 Å². The third-order valence-corrected chi connectivity index (χ3v) is 4.27. The summed E-state index contributed by atoms with van der Waals surface area (Å²) in [4.78, 5) is 16.2. The third-order valence-electron chi connectivity index (χ3n) is 4.27. The molecule has 0 spiro atoms. The van der Waals surface area contributed by atoms with Crippen LogP contribution in [0.4, 0.5) is 0 Å². The fourth-order valence-electron chi connectivity index (χ4n) is 2.88. The van der Waals surface area contributed by atoms with Crippen LogP contribution in [-0.4, -0.2) is 60.6 Å². The molecule has 2 heterocycles. The van der Waals surface area contributed by atoms with Crippen LogP contribution in [0, 0.1) is 0 Å². The molecule has 1 amide bonds. The lowest BCUT2D eigenvalue weighted by Crippen LogP contribution is -2.57. The Morgan fingerprint density at radius 3 is 2.11 bits per heavy atom. The number of nitrogens with zero attached hydrogens (tertiary/aromatic N) is 2. The summed E-state index contributed by atoms with van der Waals surface area (Å²) in [5.74, 6) is 0.300. The van der Waals surface area contributed by atoms with Gasteiger partial charge in [0.2, 0.25) is 5.91 Å². The summed E-state index contributed by atoms with van der Waals surface area (Å²) < 4.78 is 5.41. The lowest BCUT2D eigenvalue weighted by molar-refractivity contribution is -0.134. The zero-order chi connectivity index (χ0) is 14.3. The van der Waals surface area contributed by atoms with Gasteiger partial charge in [-0.15, -0.1) is 0 Å². The number of hydrogen-bond donors (Lipinski definition) is 0. The van der Waals surface area contributed by atoms with Crippen LogP contribution in [0.15, 0.2) is 0 Å². The summed E-state index contributed by atoms with van der Waals surface area (Å²) >= 11 is 0. The summed E-state index contributed by atoms with van der Waals surface area (Å²) in [6.45, 7) is 13.9. The van der Waals surface area contributed by atoms with E-state index in [-0.39, 0.29) is 5.54 Å².